The molecule has 21 heavy (non-hydrogen) atoms. The number of ether oxygens (including phenoxy) is 1. The Morgan fingerprint density at radius 2 is 2.05 bits per heavy atom. The molecule has 0 bridgehead atoms. The quantitative estimate of drug-likeness (QED) is 0.436. The van der Waals surface area contributed by atoms with E-state index in [0.717, 1.165) is 31.7 Å². The summed E-state index contributed by atoms with van der Waals surface area (Å²) in [6.07, 6.45) is 0.899. The maximum atomic E-state index is 6.18. The minimum Gasteiger partial charge on any atom is -0.382 e. The molecule has 0 amide bonds. The number of nitrogens with two attached hydrogens (primary N) is 1. The lowest BCUT2D eigenvalue weighted by Crippen LogP contribution is -2.33. The van der Waals surface area contributed by atoms with Gasteiger partial charge >= 0.3 is 0 Å². The van der Waals surface area contributed by atoms with Crippen molar-refractivity contribution in [2.75, 3.05) is 26.3 Å². The lowest BCUT2D eigenvalue weighted by atomic mass is 10.0. The molecule has 1 rings (SSSR count). The van der Waals surface area contributed by atoms with Gasteiger partial charge in [-0.05, 0) is 31.0 Å². The number of aliphatic imine (C=N–C) groups is 1. The molecular weight excluding hydrogens is 309 g/mol. The fourth-order valence-corrected chi connectivity index (χ4v) is 2.67. The van der Waals surface area contributed by atoms with Crippen LogP contribution in [0.5, 0.6) is 0 Å². The van der Waals surface area contributed by atoms with E-state index in [1.165, 1.54) is 0 Å². The molecule has 0 heterocycles. The summed E-state index contributed by atoms with van der Waals surface area (Å²) in [7, 11) is 0. The van der Waals surface area contributed by atoms with Gasteiger partial charge in [0.25, 0.3) is 0 Å². The van der Waals surface area contributed by atoms with E-state index in [0.29, 0.717) is 22.5 Å². The summed E-state index contributed by atoms with van der Waals surface area (Å²) in [6.45, 7) is 6.75. The van der Waals surface area contributed by atoms with Gasteiger partial charge < -0.3 is 15.8 Å². The van der Waals surface area contributed by atoms with E-state index in [1.807, 2.05) is 32.0 Å². The molecule has 0 saturated heterocycles. The van der Waals surface area contributed by atoms with Gasteiger partial charge in [0.2, 0.25) is 0 Å². The van der Waals surface area contributed by atoms with Crippen LogP contribution in [0.3, 0.4) is 0 Å². The lowest BCUT2D eigenvalue weighted by Gasteiger charge is -2.14. The smallest absolute Gasteiger partial charge is 0.188 e. The van der Waals surface area contributed by atoms with E-state index in [4.69, 9.17) is 33.7 Å². The number of hydrogen-bond acceptors (Lipinski definition) is 2. The Hall–Kier alpha value is -0.970. The molecule has 3 N–H and O–H groups in total. The molecular formula is C15H23Cl2N3O. The van der Waals surface area contributed by atoms with Gasteiger partial charge in [-0.25, -0.2) is 0 Å². The molecule has 0 saturated carbocycles. The van der Waals surface area contributed by atoms with E-state index in [9.17, 15) is 0 Å². The molecule has 0 fully saturated rings. The van der Waals surface area contributed by atoms with E-state index in [-0.39, 0.29) is 5.92 Å². The average molecular weight is 332 g/mol. The summed E-state index contributed by atoms with van der Waals surface area (Å²) in [4.78, 5) is 4.33. The molecule has 1 aromatic carbocycles. The second-order valence-electron chi connectivity index (χ2n) is 4.74. The van der Waals surface area contributed by atoms with Crippen molar-refractivity contribution in [2.24, 2.45) is 10.7 Å². The Balaban J connectivity index is 2.44. The second-order valence-corrected chi connectivity index (χ2v) is 5.55. The zero-order valence-electron chi connectivity index (χ0n) is 12.5. The van der Waals surface area contributed by atoms with Crippen LogP contribution in [0, 0.1) is 0 Å². The first kappa shape index (κ1) is 18.1. The number of rotatable bonds is 8. The molecule has 1 aromatic rings. The minimum absolute atomic E-state index is 0.106. The molecule has 118 valence electrons. The molecule has 0 radical (unpaired) electrons. The highest BCUT2D eigenvalue weighted by atomic mass is 35.5. The van der Waals surface area contributed by atoms with Crippen LogP contribution in [0.2, 0.25) is 10.0 Å². The molecule has 0 spiro atoms. The maximum Gasteiger partial charge on any atom is 0.188 e. The van der Waals surface area contributed by atoms with E-state index in [2.05, 4.69) is 10.3 Å². The summed E-state index contributed by atoms with van der Waals surface area (Å²) in [6, 6.07) is 5.50. The molecule has 6 heteroatoms. The summed E-state index contributed by atoms with van der Waals surface area (Å²) in [5.41, 5.74) is 6.73. The number of nitrogens with one attached hydrogen (secondary N) is 1. The number of hydrogen-bond donors (Lipinski definition) is 2. The third-order valence-electron chi connectivity index (χ3n) is 3.00. The Morgan fingerprint density at radius 1 is 1.38 bits per heavy atom. The number of nitrogens with zero attached hydrogens (tertiary/aromatic N) is 1. The third kappa shape index (κ3) is 6.55. The summed E-state index contributed by atoms with van der Waals surface area (Å²) < 4.78 is 5.25. The van der Waals surface area contributed by atoms with Gasteiger partial charge in [-0.15, -0.1) is 0 Å². The van der Waals surface area contributed by atoms with Crippen LogP contribution in [0.4, 0.5) is 0 Å². The Kier molecular flexibility index (Phi) is 8.50. The van der Waals surface area contributed by atoms with Crippen molar-refractivity contribution in [1.82, 2.24) is 5.32 Å². The van der Waals surface area contributed by atoms with Gasteiger partial charge in [-0.2, -0.15) is 0 Å². The van der Waals surface area contributed by atoms with E-state index >= 15 is 0 Å². The molecule has 1 atom stereocenters. The zero-order chi connectivity index (χ0) is 15.7. The van der Waals surface area contributed by atoms with Crippen molar-refractivity contribution >= 4 is 29.2 Å². The summed E-state index contributed by atoms with van der Waals surface area (Å²) in [5, 5.41) is 4.38. The van der Waals surface area contributed by atoms with Crippen LogP contribution in [0.15, 0.2) is 23.2 Å². The lowest BCUT2D eigenvalue weighted by molar-refractivity contribution is 0.145. The standard InChI is InChI=1S/C15H23Cl2N3O/c1-3-21-9-5-8-19-15(18)20-10-11(2)14-12(16)6-4-7-13(14)17/h4,6-7,11H,3,5,8-10H2,1-2H3,(H3,18,19,20). The van der Waals surface area contributed by atoms with E-state index < -0.39 is 0 Å². The molecule has 0 aliphatic heterocycles. The van der Waals surface area contributed by atoms with Gasteiger partial charge in [0, 0.05) is 42.3 Å². The monoisotopic (exact) mass is 331 g/mol. The second kappa shape index (κ2) is 9.87. The fourth-order valence-electron chi connectivity index (χ4n) is 1.90. The van der Waals surface area contributed by atoms with Crippen LogP contribution < -0.4 is 11.1 Å². The van der Waals surface area contributed by atoms with Crippen molar-refractivity contribution in [3.63, 3.8) is 0 Å². The van der Waals surface area contributed by atoms with Crippen molar-refractivity contribution in [1.29, 1.82) is 0 Å². The first-order valence-corrected chi connectivity index (χ1v) is 7.87. The van der Waals surface area contributed by atoms with Crippen LogP contribution in [0.25, 0.3) is 0 Å². The Labute approximate surface area is 136 Å². The van der Waals surface area contributed by atoms with Crippen LogP contribution in [-0.4, -0.2) is 32.3 Å². The van der Waals surface area contributed by atoms with Gasteiger partial charge in [0.05, 0.1) is 0 Å². The maximum absolute atomic E-state index is 6.18. The number of benzene rings is 1. The van der Waals surface area contributed by atoms with Gasteiger partial charge in [0.1, 0.15) is 0 Å². The topological polar surface area (TPSA) is 59.6 Å². The highest BCUT2D eigenvalue weighted by molar-refractivity contribution is 6.36. The fraction of sp³-hybridized carbons (Fsp3) is 0.533. The molecule has 4 nitrogen and oxygen atoms in total. The first-order chi connectivity index (χ1) is 10.1. The predicted octanol–water partition coefficient (Wildman–Crippen LogP) is 3.43. The van der Waals surface area contributed by atoms with Crippen LogP contribution >= 0.6 is 23.2 Å². The number of halogens is 2. The summed E-state index contributed by atoms with van der Waals surface area (Å²) in [5.74, 6) is 0.538. The highest BCUT2D eigenvalue weighted by Crippen LogP contribution is 2.31. The molecule has 0 aliphatic carbocycles. The molecule has 1 unspecified atom stereocenters. The van der Waals surface area contributed by atoms with Crippen LogP contribution in [-0.2, 0) is 4.74 Å². The van der Waals surface area contributed by atoms with E-state index in [1.54, 1.807) is 0 Å². The third-order valence-corrected chi connectivity index (χ3v) is 3.66. The molecule has 0 aliphatic rings. The van der Waals surface area contributed by atoms with Gasteiger partial charge in [0.15, 0.2) is 5.96 Å². The van der Waals surface area contributed by atoms with Crippen molar-refractivity contribution in [3.8, 4) is 0 Å². The average Bonchev–Trinajstić information content (AvgIpc) is 2.44. The van der Waals surface area contributed by atoms with Gasteiger partial charge in [-0.3, -0.25) is 4.99 Å². The van der Waals surface area contributed by atoms with Crippen molar-refractivity contribution < 1.29 is 4.74 Å². The number of guanidine groups is 1. The largest absolute Gasteiger partial charge is 0.382 e. The predicted molar refractivity (Wildman–Crippen MR) is 90.5 cm³/mol. The zero-order valence-corrected chi connectivity index (χ0v) is 14.0. The van der Waals surface area contributed by atoms with Crippen molar-refractivity contribution in [3.05, 3.63) is 33.8 Å². The van der Waals surface area contributed by atoms with Crippen molar-refractivity contribution in [2.45, 2.75) is 26.2 Å². The summed E-state index contributed by atoms with van der Waals surface area (Å²) >= 11 is 12.4. The normalized spacial score (nSPS) is 13.2. The van der Waals surface area contributed by atoms with Crippen LogP contribution in [0.1, 0.15) is 31.7 Å². The highest BCUT2D eigenvalue weighted by Gasteiger charge is 2.13. The minimum atomic E-state index is 0.106. The first-order valence-electron chi connectivity index (χ1n) is 7.11. The Morgan fingerprint density at radius 3 is 2.67 bits per heavy atom. The Bertz CT molecular complexity index is 446. The SMILES string of the molecule is CCOCCCNC(N)=NCC(C)c1c(Cl)cccc1Cl. The van der Waals surface area contributed by atoms with Gasteiger partial charge in [-0.1, -0.05) is 36.2 Å². The molecule has 0 aromatic heterocycles.